The number of aliphatic hydroxyl groups excluding tert-OH is 3. The minimum absolute atomic E-state index is 0.0471. The number of fused-ring (bicyclic) bond motifs is 6. The number of furan rings is 3. The predicted molar refractivity (Wildman–Crippen MR) is 427 cm³/mol. The van der Waals surface area contributed by atoms with Gasteiger partial charge >= 0.3 is 0 Å². The molecule has 0 bridgehead atoms. The molecule has 9 aromatic carbocycles. The van der Waals surface area contributed by atoms with Crippen LogP contribution < -0.4 is 28.9 Å². The number of methoxy groups -OCH3 is 3. The summed E-state index contributed by atoms with van der Waals surface area (Å²) in [4.78, 5) is 109. The Morgan fingerprint density at radius 3 is 0.866 bits per heavy atom. The smallest absolute Gasteiger partial charge is 0.300 e. The highest BCUT2D eigenvalue weighted by Gasteiger charge is 2.50. The van der Waals surface area contributed by atoms with Gasteiger partial charge in [-0.3, -0.25) is 48.3 Å². The number of ketones is 3. The van der Waals surface area contributed by atoms with E-state index in [4.69, 9.17) is 37.4 Å². The highest BCUT2D eigenvalue weighted by molar-refractivity contribution is 7.23. The first-order chi connectivity index (χ1) is 54.1. The average Bonchev–Trinajstić information content (AvgIpc) is 1.60. The number of Topliss-reactive ketones (excluding diaryl/α,β-unsaturated/α-hetero) is 3. The Labute approximate surface area is 648 Å². The third-order valence-corrected chi connectivity index (χ3v) is 21.9. The van der Waals surface area contributed by atoms with E-state index < -0.39 is 76.4 Å². The number of para-hydroxylation sites is 3. The van der Waals surface area contributed by atoms with Gasteiger partial charge in [-0.15, -0.1) is 0 Å². The van der Waals surface area contributed by atoms with Gasteiger partial charge in [0.25, 0.3) is 23.7 Å². The summed E-state index contributed by atoms with van der Waals surface area (Å²) in [5, 5.41) is 43.9. The van der Waals surface area contributed by atoms with Crippen molar-refractivity contribution in [1.29, 1.82) is 0 Å². The van der Waals surface area contributed by atoms with E-state index >= 15 is 0 Å². The van der Waals surface area contributed by atoms with E-state index in [2.05, 4.69) is 15.0 Å². The van der Waals surface area contributed by atoms with Crippen LogP contribution in [0, 0.1) is 20.8 Å². The number of hydrogen-bond acceptors (Lipinski definition) is 22. The molecule has 112 heavy (non-hydrogen) atoms. The van der Waals surface area contributed by atoms with Gasteiger partial charge in [-0.25, -0.2) is 15.0 Å². The first-order valence-corrected chi connectivity index (χ1v) is 37.1. The van der Waals surface area contributed by atoms with Crippen LogP contribution in [0.3, 0.4) is 0 Å². The molecule has 9 heterocycles. The summed E-state index contributed by atoms with van der Waals surface area (Å²) in [7, 11) is 4.68. The second-order valence-electron chi connectivity index (χ2n) is 26.2. The summed E-state index contributed by atoms with van der Waals surface area (Å²) < 4.78 is 35.9. The number of rotatable bonds is 15. The average molecular weight is 1550 g/mol. The number of amides is 3. The number of aliphatic hydroxyl groups is 3. The molecule has 0 spiro atoms. The maximum Gasteiger partial charge on any atom is 0.300 e. The standard InChI is InChI=1S/3C28H20N2O5S.C2H4O2/c3*1-15-7-12-19-22(13-15)36-28(29-19)30-24(16-8-10-18(34-2)11-9-16)23(26(32)27(30)33)25(31)21-14-17-5-3-4-6-20(17)35-21;1-2(3)4/h3*3-14,24,32H,1-2H3;1H3,(H,3,4). The van der Waals surface area contributed by atoms with Gasteiger partial charge in [0.2, 0.25) is 17.3 Å². The second kappa shape index (κ2) is 30.3. The zero-order chi connectivity index (χ0) is 78.5. The number of thiazole rings is 3. The minimum atomic E-state index is -0.897. The minimum Gasteiger partial charge on any atom is -0.503 e. The topological polar surface area (TPSA) is 316 Å². The van der Waals surface area contributed by atoms with Gasteiger partial charge in [0.05, 0.1) is 86.8 Å². The number of carbonyl (C=O) groups is 7. The second-order valence-corrected chi connectivity index (χ2v) is 29.2. The molecule has 3 atom stereocenters. The van der Waals surface area contributed by atoms with Crippen molar-refractivity contribution < 1.29 is 81.4 Å². The van der Waals surface area contributed by atoms with Crippen LogP contribution in [-0.2, 0) is 19.2 Å². The summed E-state index contributed by atoms with van der Waals surface area (Å²) in [6.07, 6.45) is 0. The monoisotopic (exact) mass is 1550 g/mol. The highest BCUT2D eigenvalue weighted by atomic mass is 32.1. The summed E-state index contributed by atoms with van der Waals surface area (Å²) >= 11 is 3.99. The zero-order valence-electron chi connectivity index (χ0n) is 60.5. The third-order valence-electron chi connectivity index (χ3n) is 18.8. The molecule has 4 N–H and O–H groups in total. The SMILES string of the molecule is CC(=O)O.COc1ccc(C2C(C(=O)c3cc4ccccc4o3)=C(O)C(=O)N2c2nc3ccc(C)cc3s2)cc1.COc1ccc(C2C(C(=O)c3cc4ccccc4o3)=C(O)C(=O)N2c2nc3ccc(C)cc3s2)cc1.COc1ccc(C2C(C(=O)c3cc4ccccc4o3)=C(O)C(=O)N2c2nc3ccc(C)cc3s2)cc1. The Kier molecular flexibility index (Phi) is 19.9. The first-order valence-electron chi connectivity index (χ1n) is 34.7. The van der Waals surface area contributed by atoms with Crippen molar-refractivity contribution >= 4 is 154 Å². The number of aromatic nitrogens is 3. The molecular formula is C86H64N6O17S3. The van der Waals surface area contributed by atoms with Crippen LogP contribution in [0.15, 0.2) is 266 Å². The lowest BCUT2D eigenvalue weighted by Crippen LogP contribution is -2.30. The van der Waals surface area contributed by atoms with E-state index in [0.717, 1.165) is 70.4 Å². The molecule has 6 aromatic heterocycles. The van der Waals surface area contributed by atoms with Crippen LogP contribution in [-0.4, -0.2) is 97.7 Å². The number of hydrogen-bond donors (Lipinski definition) is 4. The largest absolute Gasteiger partial charge is 0.503 e. The van der Waals surface area contributed by atoms with Gasteiger partial charge in [0.1, 0.15) is 34.0 Å². The predicted octanol–water partition coefficient (Wildman–Crippen LogP) is 18.5. The van der Waals surface area contributed by atoms with E-state index in [1.54, 1.807) is 131 Å². The molecule has 15 aromatic rings. The normalized spacial score (nSPS) is 15.5. The molecule has 558 valence electrons. The molecule has 0 radical (unpaired) electrons. The highest BCUT2D eigenvalue weighted by Crippen LogP contribution is 2.49. The molecule has 23 nitrogen and oxygen atoms in total. The van der Waals surface area contributed by atoms with Gasteiger partial charge in [0.15, 0.2) is 50.0 Å². The number of carboxylic acids is 1. The number of anilines is 3. The fourth-order valence-electron chi connectivity index (χ4n) is 13.5. The van der Waals surface area contributed by atoms with E-state index in [9.17, 15) is 44.1 Å². The van der Waals surface area contributed by atoms with Gasteiger partial charge in [-0.2, -0.15) is 0 Å². The number of nitrogens with zero attached hydrogens (tertiary/aromatic N) is 6. The molecule has 18 rings (SSSR count). The number of aliphatic carboxylic acids is 1. The number of carboxylic acid groups (broad SMARTS) is 1. The van der Waals surface area contributed by atoms with Crippen molar-refractivity contribution in [3.63, 3.8) is 0 Å². The van der Waals surface area contributed by atoms with Crippen molar-refractivity contribution in [2.24, 2.45) is 0 Å². The fourth-order valence-corrected chi connectivity index (χ4v) is 16.7. The Bertz CT molecular complexity index is 5710. The molecular weight excluding hydrogens is 1490 g/mol. The molecule has 3 aliphatic heterocycles. The molecule has 0 saturated carbocycles. The van der Waals surface area contributed by atoms with E-state index in [1.165, 1.54) is 48.7 Å². The van der Waals surface area contributed by atoms with Crippen LogP contribution in [0.5, 0.6) is 17.2 Å². The van der Waals surface area contributed by atoms with E-state index in [-0.39, 0.29) is 34.0 Å². The van der Waals surface area contributed by atoms with Gasteiger partial charge in [-0.05, 0) is 163 Å². The molecule has 0 fully saturated rings. The Hall–Kier alpha value is -13.8. The van der Waals surface area contributed by atoms with Gasteiger partial charge < -0.3 is 47.9 Å². The van der Waals surface area contributed by atoms with Crippen LogP contribution >= 0.6 is 34.0 Å². The van der Waals surface area contributed by atoms with Crippen LogP contribution in [0.4, 0.5) is 15.4 Å². The Morgan fingerprint density at radius 2 is 0.625 bits per heavy atom. The Morgan fingerprint density at radius 1 is 0.375 bits per heavy atom. The lowest BCUT2D eigenvalue weighted by Gasteiger charge is -2.24. The van der Waals surface area contributed by atoms with Crippen LogP contribution in [0.1, 0.15) is 90.1 Å². The maximum absolute atomic E-state index is 13.7. The summed E-state index contributed by atoms with van der Waals surface area (Å²) in [5.41, 5.74) is 8.76. The molecule has 3 unspecified atom stereocenters. The van der Waals surface area contributed by atoms with E-state index in [0.29, 0.717) is 66.1 Å². The van der Waals surface area contributed by atoms with Crippen molar-refractivity contribution in [2.75, 3.05) is 36.0 Å². The van der Waals surface area contributed by atoms with Crippen molar-refractivity contribution in [3.8, 4) is 17.2 Å². The lowest BCUT2D eigenvalue weighted by molar-refractivity contribution is -0.134. The summed E-state index contributed by atoms with van der Waals surface area (Å²) in [6, 6.07) is 62.5. The van der Waals surface area contributed by atoms with E-state index in [1.807, 2.05) is 130 Å². The first kappa shape index (κ1) is 73.7. The molecule has 3 amide bonds. The van der Waals surface area contributed by atoms with Gasteiger partial charge in [-0.1, -0.05) is 143 Å². The summed E-state index contributed by atoms with van der Waals surface area (Å²) in [6.45, 7) is 7.03. The lowest BCUT2D eigenvalue weighted by atomic mass is 9.95. The number of ether oxygens (including phenoxy) is 3. The third kappa shape index (κ3) is 13.9. The van der Waals surface area contributed by atoms with Gasteiger partial charge in [0, 0.05) is 23.1 Å². The Balaban J connectivity index is 0.000000130. The van der Waals surface area contributed by atoms with Crippen molar-refractivity contribution in [2.45, 2.75) is 45.8 Å². The quantitative estimate of drug-likeness (QED) is 0.0693. The molecule has 3 aliphatic rings. The molecule has 0 aliphatic carbocycles. The molecule has 0 saturated heterocycles. The molecule has 26 heteroatoms. The van der Waals surface area contributed by atoms with Crippen LogP contribution in [0.2, 0.25) is 0 Å². The zero-order valence-corrected chi connectivity index (χ0v) is 63.0. The summed E-state index contributed by atoms with van der Waals surface area (Å²) in [5.74, 6) is -4.39. The van der Waals surface area contributed by atoms with Crippen LogP contribution in [0.25, 0.3) is 63.6 Å². The van der Waals surface area contributed by atoms with Crippen molar-refractivity contribution in [1.82, 2.24) is 15.0 Å². The van der Waals surface area contributed by atoms with Crippen molar-refractivity contribution in [3.05, 3.63) is 303 Å². The number of aryl methyl sites for hydroxylation is 3. The maximum atomic E-state index is 13.7. The number of benzene rings is 9. The number of carbonyl (C=O) groups excluding carboxylic acids is 6. The fraction of sp³-hybridized carbons (Fsp3) is 0.116.